The molecule has 3 rings (SSSR count). The summed E-state index contributed by atoms with van der Waals surface area (Å²) >= 11 is 6.29. The first-order valence-corrected chi connectivity index (χ1v) is 8.52. The Morgan fingerprint density at radius 1 is 1.29 bits per heavy atom. The maximum absolute atomic E-state index is 14.5. The first-order chi connectivity index (χ1) is 11.6. The minimum Gasteiger partial charge on any atom is -0.484 e. The first-order valence-electron chi connectivity index (χ1n) is 8.14. The van der Waals surface area contributed by atoms with Gasteiger partial charge in [0.1, 0.15) is 6.61 Å². The van der Waals surface area contributed by atoms with Crippen LogP contribution in [0.2, 0.25) is 5.02 Å². The fourth-order valence-corrected chi connectivity index (χ4v) is 3.58. The van der Waals surface area contributed by atoms with Crippen LogP contribution in [-0.4, -0.2) is 25.0 Å². The van der Waals surface area contributed by atoms with Crippen LogP contribution < -0.4 is 10.5 Å². The molecular formula is C19H22ClFN2O. The molecule has 2 aromatic carbocycles. The minimum absolute atomic E-state index is 0.111. The molecule has 0 aromatic heterocycles. The third kappa shape index (κ3) is 3.72. The molecule has 3 nitrogen and oxygen atoms in total. The van der Waals surface area contributed by atoms with Crippen LogP contribution in [0.25, 0.3) is 0 Å². The third-order valence-electron chi connectivity index (χ3n) is 4.60. The molecule has 0 radical (unpaired) electrons. The van der Waals surface area contributed by atoms with Gasteiger partial charge in [-0.2, -0.15) is 0 Å². The average molecular weight is 349 g/mol. The lowest BCUT2D eigenvalue weighted by Crippen LogP contribution is -2.20. The fraction of sp³-hybridized carbons (Fsp3) is 0.368. The molecule has 1 aliphatic heterocycles. The van der Waals surface area contributed by atoms with Crippen molar-refractivity contribution >= 4 is 11.6 Å². The van der Waals surface area contributed by atoms with Gasteiger partial charge in [-0.25, -0.2) is 4.39 Å². The van der Waals surface area contributed by atoms with Crippen LogP contribution in [0, 0.1) is 11.7 Å². The van der Waals surface area contributed by atoms with Gasteiger partial charge in [0.15, 0.2) is 11.6 Å². The zero-order valence-corrected chi connectivity index (χ0v) is 14.5. The van der Waals surface area contributed by atoms with Gasteiger partial charge in [0.05, 0.1) is 5.02 Å². The third-order valence-corrected chi connectivity index (χ3v) is 4.88. The number of benzene rings is 2. The van der Waals surface area contributed by atoms with Crippen molar-refractivity contribution in [3.8, 4) is 5.75 Å². The molecule has 0 bridgehead atoms. The second-order valence-corrected chi connectivity index (χ2v) is 6.79. The van der Waals surface area contributed by atoms with Gasteiger partial charge in [0, 0.05) is 12.6 Å². The number of halogens is 2. The van der Waals surface area contributed by atoms with Crippen LogP contribution in [-0.2, 0) is 6.61 Å². The maximum Gasteiger partial charge on any atom is 0.174 e. The molecule has 0 aliphatic carbocycles. The Balaban J connectivity index is 1.76. The lowest BCUT2D eigenvalue weighted by atomic mass is 9.99. The zero-order chi connectivity index (χ0) is 17.1. The predicted octanol–water partition coefficient (Wildman–Crippen LogP) is 4.01. The molecule has 2 unspecified atom stereocenters. The SMILES string of the molecule is CN1CC(CN)CC1c1cc(F)c(OCc2ccccc2)c(Cl)c1. The smallest absolute Gasteiger partial charge is 0.174 e. The van der Waals surface area contributed by atoms with Crippen molar-refractivity contribution in [2.45, 2.75) is 19.1 Å². The van der Waals surface area contributed by atoms with Crippen molar-refractivity contribution in [3.63, 3.8) is 0 Å². The largest absolute Gasteiger partial charge is 0.484 e. The van der Waals surface area contributed by atoms with E-state index in [-0.39, 0.29) is 18.4 Å². The van der Waals surface area contributed by atoms with Gasteiger partial charge in [0.2, 0.25) is 0 Å². The Kier molecular flexibility index (Phi) is 5.39. The van der Waals surface area contributed by atoms with Crippen LogP contribution in [0.15, 0.2) is 42.5 Å². The number of hydrogen-bond donors (Lipinski definition) is 1. The van der Waals surface area contributed by atoms with E-state index in [4.69, 9.17) is 22.1 Å². The predicted molar refractivity (Wildman–Crippen MR) is 94.7 cm³/mol. The topological polar surface area (TPSA) is 38.5 Å². The minimum atomic E-state index is -0.418. The lowest BCUT2D eigenvalue weighted by Gasteiger charge is -2.21. The highest BCUT2D eigenvalue weighted by Gasteiger charge is 2.30. The molecule has 1 fully saturated rings. The Labute approximate surface area is 147 Å². The highest BCUT2D eigenvalue weighted by molar-refractivity contribution is 6.32. The Hall–Kier alpha value is -1.62. The summed E-state index contributed by atoms with van der Waals surface area (Å²) in [5, 5.41) is 0.311. The summed E-state index contributed by atoms with van der Waals surface area (Å²) in [7, 11) is 2.03. The van der Waals surface area contributed by atoms with E-state index in [9.17, 15) is 4.39 Å². The van der Waals surface area contributed by atoms with Crippen LogP contribution >= 0.6 is 11.6 Å². The standard InChI is InChI=1S/C19H22ClFN2O/c1-23-11-14(10-22)7-18(23)15-8-16(20)19(17(21)9-15)24-12-13-5-3-2-4-6-13/h2-6,8-9,14,18H,7,10-12,22H2,1H3. The van der Waals surface area contributed by atoms with Crippen molar-refractivity contribution in [3.05, 3.63) is 64.4 Å². The second-order valence-electron chi connectivity index (χ2n) is 6.38. The first kappa shape index (κ1) is 17.2. The number of nitrogens with two attached hydrogens (primary N) is 1. The number of likely N-dealkylation sites (tertiary alicyclic amines) is 1. The van der Waals surface area contributed by atoms with Crippen molar-refractivity contribution in [1.82, 2.24) is 4.90 Å². The Bertz CT molecular complexity index is 672. The quantitative estimate of drug-likeness (QED) is 0.887. The summed E-state index contributed by atoms with van der Waals surface area (Å²) in [5.41, 5.74) is 7.62. The lowest BCUT2D eigenvalue weighted by molar-refractivity contribution is 0.288. The van der Waals surface area contributed by atoms with Crippen molar-refractivity contribution in [2.24, 2.45) is 11.7 Å². The molecule has 5 heteroatoms. The highest BCUT2D eigenvalue weighted by atomic mass is 35.5. The monoisotopic (exact) mass is 348 g/mol. The fourth-order valence-electron chi connectivity index (χ4n) is 3.31. The van der Waals surface area contributed by atoms with E-state index in [1.807, 2.05) is 43.4 Å². The van der Waals surface area contributed by atoms with Crippen molar-refractivity contribution in [2.75, 3.05) is 20.1 Å². The van der Waals surface area contributed by atoms with Gasteiger partial charge in [-0.15, -0.1) is 0 Å². The Morgan fingerprint density at radius 2 is 2.04 bits per heavy atom. The van der Waals surface area contributed by atoms with Gasteiger partial charge in [-0.05, 0) is 49.2 Å². The Morgan fingerprint density at radius 3 is 2.67 bits per heavy atom. The number of nitrogens with zero attached hydrogens (tertiary/aromatic N) is 1. The van der Waals surface area contributed by atoms with Gasteiger partial charge in [-0.3, -0.25) is 4.90 Å². The average Bonchev–Trinajstić information content (AvgIpc) is 2.96. The van der Waals surface area contributed by atoms with E-state index in [0.717, 1.165) is 24.1 Å². The van der Waals surface area contributed by atoms with E-state index in [1.165, 1.54) is 6.07 Å². The highest BCUT2D eigenvalue weighted by Crippen LogP contribution is 2.38. The normalized spacial score (nSPS) is 21.2. The van der Waals surface area contributed by atoms with Crippen molar-refractivity contribution in [1.29, 1.82) is 0 Å². The van der Waals surface area contributed by atoms with Gasteiger partial charge in [0.25, 0.3) is 0 Å². The van der Waals surface area contributed by atoms with Gasteiger partial charge in [-0.1, -0.05) is 41.9 Å². The van der Waals surface area contributed by atoms with Crippen LogP contribution in [0.1, 0.15) is 23.6 Å². The summed E-state index contributed by atoms with van der Waals surface area (Å²) in [4.78, 5) is 2.20. The summed E-state index contributed by atoms with van der Waals surface area (Å²) in [5.74, 6) is 0.133. The van der Waals surface area contributed by atoms with E-state index in [2.05, 4.69) is 4.90 Å². The molecule has 1 saturated heterocycles. The van der Waals surface area contributed by atoms with Crippen molar-refractivity contribution < 1.29 is 9.13 Å². The molecule has 0 spiro atoms. The van der Waals surface area contributed by atoms with Gasteiger partial charge < -0.3 is 10.5 Å². The maximum atomic E-state index is 14.5. The molecule has 2 N–H and O–H groups in total. The molecular weight excluding hydrogens is 327 g/mol. The van der Waals surface area contributed by atoms with E-state index in [1.54, 1.807) is 0 Å². The molecule has 2 atom stereocenters. The molecule has 1 aliphatic rings. The molecule has 24 heavy (non-hydrogen) atoms. The molecule has 2 aromatic rings. The summed E-state index contributed by atoms with van der Waals surface area (Å²) in [6.07, 6.45) is 0.924. The van der Waals surface area contributed by atoms with Gasteiger partial charge >= 0.3 is 0 Å². The van der Waals surface area contributed by atoms with Crippen LogP contribution in [0.4, 0.5) is 4.39 Å². The summed E-state index contributed by atoms with van der Waals surface area (Å²) in [6, 6.07) is 13.1. The molecule has 0 saturated carbocycles. The number of hydrogen-bond acceptors (Lipinski definition) is 3. The number of ether oxygens (including phenoxy) is 1. The summed E-state index contributed by atoms with van der Waals surface area (Å²) < 4.78 is 20.1. The zero-order valence-electron chi connectivity index (χ0n) is 13.7. The van der Waals surface area contributed by atoms with E-state index in [0.29, 0.717) is 17.5 Å². The number of rotatable bonds is 5. The van der Waals surface area contributed by atoms with Crippen LogP contribution in [0.3, 0.4) is 0 Å². The van der Waals surface area contributed by atoms with Crippen LogP contribution in [0.5, 0.6) is 5.75 Å². The van der Waals surface area contributed by atoms with E-state index < -0.39 is 5.82 Å². The molecule has 0 amide bonds. The van der Waals surface area contributed by atoms with E-state index >= 15 is 0 Å². The second kappa shape index (κ2) is 7.51. The summed E-state index contributed by atoms with van der Waals surface area (Å²) in [6.45, 7) is 1.86. The molecule has 128 valence electrons. The molecule has 1 heterocycles.